The van der Waals surface area contributed by atoms with Gasteiger partial charge in [-0.25, -0.2) is 0 Å². The van der Waals surface area contributed by atoms with Gasteiger partial charge in [0.05, 0.1) is 21.0 Å². The zero-order chi connectivity index (χ0) is 14.8. The first-order valence-corrected chi connectivity index (χ1v) is 7.35. The lowest BCUT2D eigenvalue weighted by Crippen LogP contribution is -1.81. The van der Waals surface area contributed by atoms with E-state index < -0.39 is 0 Å². The first-order valence-electron chi connectivity index (χ1n) is 4.92. The molecule has 0 N–H and O–H groups in total. The molecule has 6 heteroatoms. The third kappa shape index (κ3) is 8.14. The molecule has 0 spiro atoms. The van der Waals surface area contributed by atoms with Gasteiger partial charge in [0, 0.05) is 0 Å². The van der Waals surface area contributed by atoms with Crippen molar-refractivity contribution in [3.8, 4) is 0 Å². The monoisotopic (exact) mass is 376 g/mol. The third-order valence-corrected chi connectivity index (χ3v) is 4.04. The normalized spacial score (nSPS) is 10.8. The highest BCUT2D eigenvalue weighted by molar-refractivity contribution is 6.62. The van der Waals surface area contributed by atoms with Gasteiger partial charge >= 0.3 is 0 Å². The molecule has 0 aliphatic rings. The fraction of sp³-hybridized carbons (Fsp3) is 0.0769. The molecular weight excluding hydrogens is 369 g/mol. The van der Waals surface area contributed by atoms with E-state index in [9.17, 15) is 0 Å². The number of benzene rings is 1. The molecule has 104 valence electrons. The molecule has 0 aliphatic carbocycles. The summed E-state index contributed by atoms with van der Waals surface area (Å²) in [5, 5.41) is 0.279. The lowest BCUT2D eigenvalue weighted by Gasteiger charge is -1.98. The molecule has 0 fully saturated rings. The summed E-state index contributed by atoms with van der Waals surface area (Å²) >= 11 is 32.6. The fourth-order valence-corrected chi connectivity index (χ4v) is 1.76. The summed E-state index contributed by atoms with van der Waals surface area (Å²) in [6.45, 7) is 3.63. The second-order valence-electron chi connectivity index (χ2n) is 3.04. The molecule has 1 aromatic carbocycles. The van der Waals surface area contributed by atoms with Crippen molar-refractivity contribution in [1.29, 1.82) is 0 Å². The van der Waals surface area contributed by atoms with Crippen LogP contribution >= 0.6 is 69.6 Å². The maximum absolute atomic E-state index is 5.58. The summed E-state index contributed by atoms with van der Waals surface area (Å²) < 4.78 is -0.139. The van der Waals surface area contributed by atoms with Gasteiger partial charge in [0.1, 0.15) is 4.49 Å². The summed E-state index contributed by atoms with van der Waals surface area (Å²) in [5.74, 6) is 0.0671. The zero-order valence-electron chi connectivity index (χ0n) is 9.65. The standard InChI is InChI=1S/C8H8.C5H2Cl6/c1-2-8-6-4-3-5-7-8;6-1-2(7)3(8)4(9)5(10)11/h2-7H,1H2;1H2. The SMILES string of the molecule is C=Cc1ccccc1.ClCC(Cl)=C(Cl)C(Cl)=C(Cl)Cl. The molecule has 1 rings (SSSR count). The van der Waals surface area contributed by atoms with Crippen LogP contribution in [0.4, 0.5) is 0 Å². The Morgan fingerprint density at radius 3 is 1.79 bits per heavy atom. The van der Waals surface area contributed by atoms with E-state index in [4.69, 9.17) is 69.6 Å². The molecule has 1 aromatic rings. The molecule has 19 heavy (non-hydrogen) atoms. The van der Waals surface area contributed by atoms with Gasteiger partial charge in [0.2, 0.25) is 0 Å². The fourth-order valence-electron chi connectivity index (χ4n) is 0.850. The van der Waals surface area contributed by atoms with E-state index in [-0.39, 0.29) is 25.5 Å². The first kappa shape index (κ1) is 19.2. The van der Waals surface area contributed by atoms with Gasteiger partial charge in [-0.2, -0.15) is 0 Å². The van der Waals surface area contributed by atoms with Crippen LogP contribution in [0.15, 0.2) is 56.5 Å². The minimum Gasteiger partial charge on any atom is -0.121 e. The van der Waals surface area contributed by atoms with Crippen molar-refractivity contribution in [3.63, 3.8) is 0 Å². The van der Waals surface area contributed by atoms with Gasteiger partial charge < -0.3 is 0 Å². The van der Waals surface area contributed by atoms with Crippen molar-refractivity contribution in [2.45, 2.75) is 0 Å². The minimum absolute atomic E-state index is 0.000602. The summed E-state index contributed by atoms with van der Waals surface area (Å²) in [5.41, 5.74) is 1.17. The van der Waals surface area contributed by atoms with Crippen LogP contribution in [-0.4, -0.2) is 5.88 Å². The van der Waals surface area contributed by atoms with Gasteiger partial charge in [-0.05, 0) is 5.56 Å². The van der Waals surface area contributed by atoms with Crippen LogP contribution in [0.1, 0.15) is 5.56 Å². The van der Waals surface area contributed by atoms with Crippen LogP contribution in [-0.2, 0) is 0 Å². The molecule has 0 unspecified atom stereocenters. The highest BCUT2D eigenvalue weighted by Gasteiger charge is 2.08. The number of hydrogen-bond acceptors (Lipinski definition) is 0. The Morgan fingerprint density at radius 2 is 1.47 bits per heavy atom. The lowest BCUT2D eigenvalue weighted by atomic mass is 10.2. The highest BCUT2D eigenvalue weighted by atomic mass is 35.5. The molecule has 0 amide bonds. The van der Waals surface area contributed by atoms with Crippen LogP contribution in [0.25, 0.3) is 6.08 Å². The van der Waals surface area contributed by atoms with Gasteiger partial charge in [0.15, 0.2) is 0 Å². The van der Waals surface area contributed by atoms with Crippen LogP contribution in [0.2, 0.25) is 0 Å². The van der Waals surface area contributed by atoms with E-state index in [1.165, 1.54) is 5.56 Å². The molecule has 0 radical (unpaired) electrons. The largest absolute Gasteiger partial charge is 0.126 e. The van der Waals surface area contributed by atoms with Gasteiger partial charge in [-0.1, -0.05) is 101 Å². The van der Waals surface area contributed by atoms with Gasteiger partial charge in [-0.15, -0.1) is 11.6 Å². The lowest BCUT2D eigenvalue weighted by molar-refractivity contribution is 1.62. The zero-order valence-corrected chi connectivity index (χ0v) is 14.2. The molecule has 0 atom stereocenters. The Kier molecular flexibility index (Phi) is 11.0. The molecule has 0 saturated carbocycles. The Bertz CT molecular complexity index is 457. The van der Waals surface area contributed by atoms with E-state index in [0.717, 1.165) is 0 Å². The van der Waals surface area contributed by atoms with E-state index in [1.54, 1.807) is 0 Å². The van der Waals surface area contributed by atoms with E-state index in [0.29, 0.717) is 0 Å². The number of allylic oxidation sites excluding steroid dienone is 3. The Balaban J connectivity index is 0.000000356. The average Bonchev–Trinajstić information content (AvgIpc) is 2.46. The maximum atomic E-state index is 5.58. The van der Waals surface area contributed by atoms with Crippen LogP contribution in [0.3, 0.4) is 0 Å². The van der Waals surface area contributed by atoms with E-state index in [1.807, 2.05) is 36.4 Å². The van der Waals surface area contributed by atoms with Crippen LogP contribution in [0, 0.1) is 0 Å². The second-order valence-corrected chi connectivity index (χ2v) is 5.47. The number of rotatable bonds is 3. The van der Waals surface area contributed by atoms with Crippen molar-refractivity contribution < 1.29 is 0 Å². The van der Waals surface area contributed by atoms with Crippen molar-refractivity contribution in [3.05, 3.63) is 62.1 Å². The average molecular weight is 379 g/mol. The predicted molar refractivity (Wildman–Crippen MR) is 90.6 cm³/mol. The van der Waals surface area contributed by atoms with Crippen molar-refractivity contribution >= 4 is 75.7 Å². The smallest absolute Gasteiger partial charge is 0.121 e. The van der Waals surface area contributed by atoms with Crippen LogP contribution in [0.5, 0.6) is 0 Å². The molecule has 0 nitrogen and oxygen atoms in total. The summed E-state index contributed by atoms with van der Waals surface area (Å²) in [7, 11) is 0. The molecular formula is C13H10Cl6. The Hall–Kier alpha value is 0.180. The van der Waals surface area contributed by atoms with Gasteiger partial charge in [0.25, 0.3) is 0 Å². The number of halogens is 6. The highest BCUT2D eigenvalue weighted by Crippen LogP contribution is 2.31. The number of alkyl halides is 1. The maximum Gasteiger partial charge on any atom is 0.126 e. The topological polar surface area (TPSA) is 0 Å². The van der Waals surface area contributed by atoms with Crippen molar-refractivity contribution in [2.75, 3.05) is 5.88 Å². The summed E-state index contributed by atoms with van der Waals surface area (Å²) in [6.07, 6.45) is 1.83. The molecule has 0 saturated heterocycles. The predicted octanol–water partition coefficient (Wildman–Crippen LogP) is 7.13. The van der Waals surface area contributed by atoms with Gasteiger partial charge in [-0.3, -0.25) is 0 Å². The second kappa shape index (κ2) is 10.9. The Morgan fingerprint density at radius 1 is 0.947 bits per heavy atom. The van der Waals surface area contributed by atoms with E-state index in [2.05, 4.69) is 6.58 Å². The quantitative estimate of drug-likeness (QED) is 0.387. The van der Waals surface area contributed by atoms with Crippen molar-refractivity contribution in [2.24, 2.45) is 0 Å². The summed E-state index contributed by atoms with van der Waals surface area (Å²) in [4.78, 5) is 0. The van der Waals surface area contributed by atoms with E-state index >= 15 is 0 Å². The Labute approximate surface area is 143 Å². The van der Waals surface area contributed by atoms with Crippen molar-refractivity contribution in [1.82, 2.24) is 0 Å². The summed E-state index contributed by atoms with van der Waals surface area (Å²) in [6, 6.07) is 10.0. The molecule has 0 aliphatic heterocycles. The minimum atomic E-state index is -0.139. The molecule has 0 heterocycles. The van der Waals surface area contributed by atoms with Crippen LogP contribution < -0.4 is 0 Å². The first-order chi connectivity index (χ1) is 8.93. The molecule has 0 bridgehead atoms. The molecule has 0 aromatic heterocycles. The number of hydrogen-bond donors (Lipinski definition) is 0. The third-order valence-electron chi connectivity index (χ3n) is 1.75.